The number of amides is 1. The van der Waals surface area contributed by atoms with Crippen molar-refractivity contribution in [3.05, 3.63) is 16.1 Å². The zero-order valence-corrected chi connectivity index (χ0v) is 14.9. The van der Waals surface area contributed by atoms with Crippen LogP contribution in [-0.2, 0) is 9.47 Å². The zero-order valence-electron chi connectivity index (χ0n) is 14.1. The molecule has 2 N–H and O–H groups in total. The number of carbonyl (C=O) groups is 1. The van der Waals surface area contributed by atoms with Crippen LogP contribution in [0.2, 0.25) is 0 Å². The normalized spacial score (nSPS) is 18.6. The number of aliphatic hydroxyl groups excluding tert-OH is 1. The van der Waals surface area contributed by atoms with E-state index >= 15 is 0 Å². The number of aliphatic hydroxyl groups is 1. The Hall–Kier alpha value is -1.02. The van der Waals surface area contributed by atoms with Crippen LogP contribution < -0.4 is 5.32 Å². The van der Waals surface area contributed by atoms with E-state index in [2.05, 4.69) is 24.1 Å². The highest BCUT2D eigenvalue weighted by Gasteiger charge is 2.29. The fourth-order valence-electron chi connectivity index (χ4n) is 2.73. The summed E-state index contributed by atoms with van der Waals surface area (Å²) in [4.78, 5) is 17.3. The molecule has 1 amide bonds. The predicted molar refractivity (Wildman–Crippen MR) is 88.3 cm³/mol. The molecule has 6 nitrogen and oxygen atoms in total. The number of carbonyl (C=O) groups excluding carboxylic acids is 1. The van der Waals surface area contributed by atoms with Crippen molar-refractivity contribution in [3.8, 4) is 0 Å². The smallest absolute Gasteiger partial charge is 0.263 e. The maximum atomic E-state index is 12.5. The molecule has 0 bridgehead atoms. The molecule has 1 fully saturated rings. The van der Waals surface area contributed by atoms with E-state index < -0.39 is 6.29 Å². The standard InChI is InChI=1S/C16H26N2O4S/c1-9(2)11(8-19)13(10(3)4)18-14(20)12-7-17-15(23-12)16-21-5-6-22-16/h7,9-11,13,16,19H,5-6,8H2,1-4H3,(H,18,20)/t11-,13+/m0/s1. The Labute approximate surface area is 141 Å². The molecule has 0 radical (unpaired) electrons. The van der Waals surface area contributed by atoms with Crippen LogP contribution in [0.5, 0.6) is 0 Å². The number of nitrogens with one attached hydrogen (secondary N) is 1. The summed E-state index contributed by atoms with van der Waals surface area (Å²) in [5, 5.41) is 13.4. The number of ether oxygens (including phenoxy) is 2. The number of hydrogen-bond donors (Lipinski definition) is 2. The highest BCUT2D eigenvalue weighted by Crippen LogP contribution is 2.28. The minimum Gasteiger partial charge on any atom is -0.396 e. The van der Waals surface area contributed by atoms with Gasteiger partial charge in [-0.2, -0.15) is 0 Å². The van der Waals surface area contributed by atoms with Crippen molar-refractivity contribution in [3.63, 3.8) is 0 Å². The molecule has 2 heterocycles. The fraction of sp³-hybridized carbons (Fsp3) is 0.750. The lowest BCUT2D eigenvalue weighted by atomic mass is 9.83. The Morgan fingerprint density at radius 2 is 2.00 bits per heavy atom. The van der Waals surface area contributed by atoms with E-state index in [-0.39, 0.29) is 36.3 Å². The van der Waals surface area contributed by atoms with Gasteiger partial charge < -0.3 is 19.9 Å². The number of hydrogen-bond acceptors (Lipinski definition) is 6. The molecule has 0 unspecified atom stereocenters. The van der Waals surface area contributed by atoms with E-state index in [1.807, 2.05) is 13.8 Å². The van der Waals surface area contributed by atoms with Crippen molar-refractivity contribution in [1.29, 1.82) is 0 Å². The minimum atomic E-state index is -0.455. The third-order valence-electron chi connectivity index (χ3n) is 4.12. The summed E-state index contributed by atoms with van der Waals surface area (Å²) in [6.07, 6.45) is 1.10. The monoisotopic (exact) mass is 342 g/mol. The summed E-state index contributed by atoms with van der Waals surface area (Å²) < 4.78 is 10.8. The highest BCUT2D eigenvalue weighted by molar-refractivity contribution is 7.13. The first-order valence-corrected chi connectivity index (χ1v) is 8.86. The maximum absolute atomic E-state index is 12.5. The topological polar surface area (TPSA) is 80.7 Å². The lowest BCUT2D eigenvalue weighted by Crippen LogP contribution is -2.46. The third kappa shape index (κ3) is 4.50. The van der Waals surface area contributed by atoms with Crippen molar-refractivity contribution in [1.82, 2.24) is 10.3 Å². The Bertz CT molecular complexity index is 512. The molecular weight excluding hydrogens is 316 g/mol. The molecular formula is C16H26N2O4S. The Kier molecular flexibility index (Phi) is 6.52. The van der Waals surface area contributed by atoms with Gasteiger partial charge in [-0.3, -0.25) is 4.79 Å². The maximum Gasteiger partial charge on any atom is 0.263 e. The molecule has 2 atom stereocenters. The molecule has 0 aliphatic carbocycles. The van der Waals surface area contributed by atoms with E-state index in [0.717, 1.165) is 0 Å². The molecule has 23 heavy (non-hydrogen) atoms. The van der Waals surface area contributed by atoms with Gasteiger partial charge in [-0.25, -0.2) is 4.98 Å². The first-order chi connectivity index (χ1) is 10.9. The highest BCUT2D eigenvalue weighted by atomic mass is 32.1. The Morgan fingerprint density at radius 1 is 1.35 bits per heavy atom. The molecule has 0 spiro atoms. The average molecular weight is 342 g/mol. The van der Waals surface area contributed by atoms with Crippen molar-refractivity contribution < 1.29 is 19.4 Å². The van der Waals surface area contributed by atoms with Crippen LogP contribution in [0.1, 0.15) is 48.7 Å². The second-order valence-electron chi connectivity index (χ2n) is 6.47. The summed E-state index contributed by atoms with van der Waals surface area (Å²) in [6, 6.07) is -0.0861. The van der Waals surface area contributed by atoms with Crippen LogP contribution in [0.3, 0.4) is 0 Å². The Morgan fingerprint density at radius 3 is 2.52 bits per heavy atom. The lowest BCUT2D eigenvalue weighted by molar-refractivity contribution is -0.0442. The molecule has 1 saturated heterocycles. The van der Waals surface area contributed by atoms with Crippen LogP contribution in [0.4, 0.5) is 0 Å². The summed E-state index contributed by atoms with van der Waals surface area (Å²) in [5.41, 5.74) is 0. The number of aromatic nitrogens is 1. The van der Waals surface area contributed by atoms with Crippen molar-refractivity contribution >= 4 is 17.2 Å². The van der Waals surface area contributed by atoms with E-state index in [9.17, 15) is 9.90 Å². The molecule has 0 saturated carbocycles. The van der Waals surface area contributed by atoms with Crippen LogP contribution >= 0.6 is 11.3 Å². The zero-order chi connectivity index (χ0) is 17.0. The number of rotatable bonds is 7. The van der Waals surface area contributed by atoms with Crippen LogP contribution in [0.15, 0.2) is 6.20 Å². The van der Waals surface area contributed by atoms with E-state index in [0.29, 0.717) is 23.1 Å². The molecule has 1 aromatic rings. The second-order valence-corrected chi connectivity index (χ2v) is 7.53. The summed E-state index contributed by atoms with van der Waals surface area (Å²) in [5.74, 6) is 0.370. The second kappa shape index (κ2) is 8.19. The number of thiazole rings is 1. The van der Waals surface area contributed by atoms with Crippen molar-refractivity contribution in [2.75, 3.05) is 19.8 Å². The first kappa shape index (κ1) is 18.3. The molecule has 1 aliphatic heterocycles. The van der Waals surface area contributed by atoms with Gasteiger partial charge in [0.05, 0.1) is 19.4 Å². The van der Waals surface area contributed by atoms with Crippen molar-refractivity contribution in [2.24, 2.45) is 17.8 Å². The molecule has 0 aromatic carbocycles. The van der Waals surface area contributed by atoms with Crippen molar-refractivity contribution in [2.45, 2.75) is 40.0 Å². The summed E-state index contributed by atoms with van der Waals surface area (Å²) >= 11 is 1.28. The molecule has 1 aromatic heterocycles. The molecule has 7 heteroatoms. The van der Waals surface area contributed by atoms with Crippen LogP contribution in [-0.4, -0.2) is 41.9 Å². The van der Waals surface area contributed by atoms with Gasteiger partial charge in [0.2, 0.25) is 6.29 Å². The van der Waals surface area contributed by atoms with E-state index in [1.54, 1.807) is 6.20 Å². The van der Waals surface area contributed by atoms with Gasteiger partial charge in [0.25, 0.3) is 5.91 Å². The van der Waals surface area contributed by atoms with Gasteiger partial charge >= 0.3 is 0 Å². The Balaban J connectivity index is 2.06. The molecule has 1 aliphatic rings. The van der Waals surface area contributed by atoms with Crippen LogP contribution in [0.25, 0.3) is 0 Å². The number of nitrogens with zero attached hydrogens (tertiary/aromatic N) is 1. The van der Waals surface area contributed by atoms with Gasteiger partial charge in [-0.15, -0.1) is 11.3 Å². The quantitative estimate of drug-likeness (QED) is 0.794. The SMILES string of the molecule is CC(C)[C@@H](NC(=O)c1cnc(C2OCCO2)s1)[C@@H](CO)C(C)C. The predicted octanol–water partition coefficient (Wildman–Crippen LogP) is 2.21. The van der Waals surface area contributed by atoms with E-state index in [1.165, 1.54) is 11.3 Å². The van der Waals surface area contributed by atoms with Gasteiger partial charge in [-0.05, 0) is 11.8 Å². The average Bonchev–Trinajstić information content (AvgIpc) is 3.17. The summed E-state index contributed by atoms with van der Waals surface area (Å²) in [6.45, 7) is 9.37. The molecule has 130 valence electrons. The first-order valence-electron chi connectivity index (χ1n) is 8.04. The fourth-order valence-corrected chi connectivity index (χ4v) is 3.55. The van der Waals surface area contributed by atoms with Crippen LogP contribution in [0, 0.1) is 17.8 Å². The van der Waals surface area contributed by atoms with Gasteiger partial charge in [0.1, 0.15) is 9.88 Å². The van der Waals surface area contributed by atoms with Gasteiger partial charge in [-0.1, -0.05) is 27.7 Å². The van der Waals surface area contributed by atoms with E-state index in [4.69, 9.17) is 9.47 Å². The largest absolute Gasteiger partial charge is 0.396 e. The third-order valence-corrected chi connectivity index (χ3v) is 5.13. The lowest BCUT2D eigenvalue weighted by Gasteiger charge is -2.32. The van der Waals surface area contributed by atoms with Gasteiger partial charge in [0, 0.05) is 18.6 Å². The minimum absolute atomic E-state index is 0.0211. The molecule has 2 rings (SSSR count). The van der Waals surface area contributed by atoms with Gasteiger partial charge in [0.15, 0.2) is 0 Å². The summed E-state index contributed by atoms with van der Waals surface area (Å²) in [7, 11) is 0.